The molecule has 0 bridgehead atoms. The third-order valence-electron chi connectivity index (χ3n) is 5.59. The smallest absolute Gasteiger partial charge is 0.0210 e. The van der Waals surface area contributed by atoms with Gasteiger partial charge in [-0.15, -0.1) is 0 Å². The molecule has 1 saturated heterocycles. The summed E-state index contributed by atoms with van der Waals surface area (Å²) in [4.78, 5) is 0. The summed E-state index contributed by atoms with van der Waals surface area (Å²) < 4.78 is 1.30. The number of rotatable bonds is 2. The average molecular weight is 322 g/mol. The summed E-state index contributed by atoms with van der Waals surface area (Å²) in [7, 11) is 0. The highest BCUT2D eigenvalue weighted by Gasteiger charge is 2.49. The van der Waals surface area contributed by atoms with Crippen molar-refractivity contribution in [1.29, 1.82) is 0 Å². The minimum Gasteiger partial charge on any atom is -0.316 e. The van der Waals surface area contributed by atoms with E-state index in [0.717, 1.165) is 12.5 Å². The zero-order valence-electron chi connectivity index (χ0n) is 11.8. The number of hydrogen-bond donors (Lipinski definition) is 1. The molecule has 2 fully saturated rings. The molecular formula is C17H24BrN. The Hall–Kier alpha value is -0.340. The summed E-state index contributed by atoms with van der Waals surface area (Å²) in [6.45, 7) is 4.74. The van der Waals surface area contributed by atoms with Crippen LogP contribution >= 0.6 is 15.9 Å². The largest absolute Gasteiger partial charge is 0.316 e. The fourth-order valence-electron chi connectivity index (χ4n) is 4.69. The first-order chi connectivity index (χ1) is 9.28. The van der Waals surface area contributed by atoms with E-state index in [1.807, 2.05) is 0 Å². The van der Waals surface area contributed by atoms with E-state index in [2.05, 4.69) is 52.4 Å². The molecule has 1 aromatic carbocycles. The first kappa shape index (κ1) is 13.6. The van der Waals surface area contributed by atoms with Crippen LogP contribution in [0.25, 0.3) is 0 Å². The molecule has 1 nitrogen and oxygen atoms in total. The van der Waals surface area contributed by atoms with Crippen LogP contribution in [0.15, 0.2) is 28.7 Å². The molecule has 0 amide bonds. The van der Waals surface area contributed by atoms with Gasteiger partial charge in [0.05, 0.1) is 0 Å². The molecule has 19 heavy (non-hydrogen) atoms. The van der Waals surface area contributed by atoms with E-state index in [-0.39, 0.29) is 0 Å². The van der Waals surface area contributed by atoms with Gasteiger partial charge in [-0.2, -0.15) is 0 Å². The average Bonchev–Trinajstić information content (AvgIpc) is 2.83. The van der Waals surface area contributed by atoms with Crippen molar-refractivity contribution >= 4 is 15.9 Å². The molecule has 3 unspecified atom stereocenters. The van der Waals surface area contributed by atoms with Gasteiger partial charge in [0.25, 0.3) is 0 Å². The van der Waals surface area contributed by atoms with Crippen LogP contribution in [0, 0.1) is 11.3 Å². The second kappa shape index (κ2) is 5.57. The first-order valence-electron chi connectivity index (χ1n) is 7.73. The molecular weight excluding hydrogens is 298 g/mol. The molecule has 2 aliphatic rings. The van der Waals surface area contributed by atoms with E-state index in [1.165, 1.54) is 48.7 Å². The van der Waals surface area contributed by atoms with Gasteiger partial charge in [0.2, 0.25) is 0 Å². The van der Waals surface area contributed by atoms with Crippen molar-refractivity contribution in [3.63, 3.8) is 0 Å². The Morgan fingerprint density at radius 2 is 2.16 bits per heavy atom. The predicted octanol–water partition coefficient (Wildman–Crippen LogP) is 4.72. The molecule has 1 N–H and O–H groups in total. The fourth-order valence-corrected chi connectivity index (χ4v) is 5.25. The maximum Gasteiger partial charge on any atom is 0.0210 e. The molecule has 0 aromatic heterocycles. The lowest BCUT2D eigenvalue weighted by atomic mass is 9.61. The van der Waals surface area contributed by atoms with Crippen molar-refractivity contribution in [2.24, 2.45) is 11.3 Å². The third kappa shape index (κ3) is 2.27. The van der Waals surface area contributed by atoms with Crippen LogP contribution in [0.5, 0.6) is 0 Å². The van der Waals surface area contributed by atoms with E-state index < -0.39 is 0 Å². The standard InChI is InChI=1S/C17H24BrN/c1-2-13-6-5-9-17(13)10-11-19-12-15(17)14-7-3-4-8-16(14)18/h3-4,7-8,13,15,19H,2,5-6,9-12H2,1H3. The molecule has 3 rings (SSSR count). The van der Waals surface area contributed by atoms with Gasteiger partial charge in [0.15, 0.2) is 0 Å². The highest BCUT2D eigenvalue weighted by molar-refractivity contribution is 9.10. The molecule has 0 radical (unpaired) electrons. The van der Waals surface area contributed by atoms with Crippen LogP contribution in [-0.2, 0) is 0 Å². The Balaban J connectivity index is 2.00. The van der Waals surface area contributed by atoms with Gasteiger partial charge in [-0.05, 0) is 48.8 Å². The lowest BCUT2D eigenvalue weighted by Crippen LogP contribution is -2.45. The summed E-state index contributed by atoms with van der Waals surface area (Å²) in [6.07, 6.45) is 7.01. The van der Waals surface area contributed by atoms with E-state index in [1.54, 1.807) is 0 Å². The maximum atomic E-state index is 3.78. The van der Waals surface area contributed by atoms with Gasteiger partial charge < -0.3 is 5.32 Å². The molecule has 1 saturated carbocycles. The zero-order valence-corrected chi connectivity index (χ0v) is 13.4. The van der Waals surface area contributed by atoms with Crippen molar-refractivity contribution in [2.45, 2.75) is 44.9 Å². The number of hydrogen-bond acceptors (Lipinski definition) is 1. The summed E-state index contributed by atoms with van der Waals surface area (Å²) >= 11 is 3.78. The highest BCUT2D eigenvalue weighted by atomic mass is 79.9. The van der Waals surface area contributed by atoms with Crippen LogP contribution in [0.2, 0.25) is 0 Å². The molecule has 2 heteroatoms. The van der Waals surface area contributed by atoms with Gasteiger partial charge in [0, 0.05) is 16.9 Å². The van der Waals surface area contributed by atoms with Gasteiger partial charge in [-0.25, -0.2) is 0 Å². The van der Waals surface area contributed by atoms with Crippen molar-refractivity contribution < 1.29 is 0 Å². The summed E-state index contributed by atoms with van der Waals surface area (Å²) in [6, 6.07) is 8.85. The van der Waals surface area contributed by atoms with Gasteiger partial charge in [0.1, 0.15) is 0 Å². The summed E-state index contributed by atoms with van der Waals surface area (Å²) in [5.74, 6) is 1.61. The molecule has 1 spiro atoms. The maximum absolute atomic E-state index is 3.78. The zero-order chi connectivity index (χ0) is 13.3. The molecule has 1 aromatic rings. The minimum atomic E-state index is 0.559. The molecule has 1 heterocycles. The van der Waals surface area contributed by atoms with Crippen LogP contribution in [0.4, 0.5) is 0 Å². The number of nitrogens with one attached hydrogen (secondary N) is 1. The first-order valence-corrected chi connectivity index (χ1v) is 8.52. The van der Waals surface area contributed by atoms with Gasteiger partial charge >= 0.3 is 0 Å². The normalized spacial score (nSPS) is 34.8. The van der Waals surface area contributed by atoms with Crippen LogP contribution in [0.1, 0.15) is 50.5 Å². The van der Waals surface area contributed by atoms with E-state index in [4.69, 9.17) is 0 Å². The Morgan fingerprint density at radius 1 is 1.32 bits per heavy atom. The summed E-state index contributed by atoms with van der Waals surface area (Å²) in [5, 5.41) is 3.64. The Morgan fingerprint density at radius 3 is 2.95 bits per heavy atom. The lowest BCUT2D eigenvalue weighted by molar-refractivity contribution is 0.102. The van der Waals surface area contributed by atoms with Gasteiger partial charge in [-0.3, -0.25) is 0 Å². The molecule has 1 aliphatic heterocycles. The quantitative estimate of drug-likeness (QED) is 0.830. The van der Waals surface area contributed by atoms with Crippen LogP contribution in [-0.4, -0.2) is 13.1 Å². The van der Waals surface area contributed by atoms with Crippen LogP contribution < -0.4 is 5.32 Å². The van der Waals surface area contributed by atoms with Crippen LogP contribution in [0.3, 0.4) is 0 Å². The second-order valence-electron chi connectivity index (χ2n) is 6.26. The van der Waals surface area contributed by atoms with Crippen molar-refractivity contribution in [3.05, 3.63) is 34.3 Å². The predicted molar refractivity (Wildman–Crippen MR) is 84.4 cm³/mol. The third-order valence-corrected chi connectivity index (χ3v) is 6.31. The highest BCUT2D eigenvalue weighted by Crippen LogP contribution is 2.57. The van der Waals surface area contributed by atoms with Gasteiger partial charge in [-0.1, -0.05) is 53.9 Å². The number of benzene rings is 1. The monoisotopic (exact) mass is 321 g/mol. The topological polar surface area (TPSA) is 12.0 Å². The van der Waals surface area contributed by atoms with E-state index >= 15 is 0 Å². The van der Waals surface area contributed by atoms with E-state index in [0.29, 0.717) is 11.3 Å². The Kier molecular flexibility index (Phi) is 4.00. The SMILES string of the molecule is CCC1CCCC12CCNCC2c1ccccc1Br. The number of piperidine rings is 1. The summed E-state index contributed by atoms with van der Waals surface area (Å²) in [5.41, 5.74) is 2.08. The minimum absolute atomic E-state index is 0.559. The number of halogens is 1. The fraction of sp³-hybridized carbons (Fsp3) is 0.647. The Bertz CT molecular complexity index is 445. The van der Waals surface area contributed by atoms with Crippen molar-refractivity contribution in [3.8, 4) is 0 Å². The molecule has 104 valence electrons. The van der Waals surface area contributed by atoms with Crippen molar-refractivity contribution in [2.75, 3.05) is 13.1 Å². The molecule has 1 aliphatic carbocycles. The Labute approximate surface area is 125 Å². The van der Waals surface area contributed by atoms with Crippen molar-refractivity contribution in [1.82, 2.24) is 5.32 Å². The molecule has 3 atom stereocenters. The van der Waals surface area contributed by atoms with E-state index in [9.17, 15) is 0 Å². The lowest BCUT2D eigenvalue weighted by Gasteiger charge is -2.46. The second-order valence-corrected chi connectivity index (χ2v) is 7.11.